The lowest BCUT2D eigenvalue weighted by Crippen LogP contribution is -2.50. The Morgan fingerprint density at radius 2 is 1.88 bits per heavy atom. The first-order valence-electron chi connectivity index (χ1n) is 14.0. The lowest BCUT2D eigenvalue weighted by Gasteiger charge is -2.36. The van der Waals surface area contributed by atoms with Gasteiger partial charge in [0.15, 0.2) is 0 Å². The third-order valence-corrected chi connectivity index (χ3v) is 9.07. The summed E-state index contributed by atoms with van der Waals surface area (Å²) in [6, 6.07) is 9.22. The number of piperazine rings is 1. The van der Waals surface area contributed by atoms with Crippen LogP contribution in [0.15, 0.2) is 41.1 Å². The zero-order valence-electron chi connectivity index (χ0n) is 24.8. The van der Waals surface area contributed by atoms with E-state index < -0.39 is 13.7 Å². The number of nitrogens with one attached hydrogen (secondary N) is 1. The summed E-state index contributed by atoms with van der Waals surface area (Å²) in [5.74, 6) is 0.915. The van der Waals surface area contributed by atoms with Gasteiger partial charge in [-0.3, -0.25) is 0 Å². The first-order valence-corrected chi connectivity index (χ1v) is 18.5. The minimum Gasteiger partial charge on any atom is -0.444 e. The summed E-state index contributed by atoms with van der Waals surface area (Å²) in [6.07, 6.45) is 3.61. The van der Waals surface area contributed by atoms with Crippen LogP contribution in [0.4, 0.5) is 16.3 Å². The molecule has 1 amide bonds. The van der Waals surface area contributed by atoms with Gasteiger partial charge < -0.3 is 29.2 Å². The summed E-state index contributed by atoms with van der Waals surface area (Å²) in [7, 11) is -1.13. The van der Waals surface area contributed by atoms with Crippen LogP contribution in [0.5, 0.6) is 0 Å². The van der Waals surface area contributed by atoms with Gasteiger partial charge >= 0.3 is 6.09 Å². The van der Waals surface area contributed by atoms with Crippen molar-refractivity contribution < 1.29 is 14.3 Å². The predicted molar refractivity (Wildman–Crippen MR) is 168 cm³/mol. The van der Waals surface area contributed by atoms with Gasteiger partial charge in [0.1, 0.15) is 23.8 Å². The maximum atomic E-state index is 12.4. The molecule has 0 bridgehead atoms. The first-order chi connectivity index (χ1) is 18.8. The molecule has 3 aromatic rings. The molecule has 11 heteroatoms. The predicted octanol–water partition coefficient (Wildman–Crippen LogP) is 6.74. The molecular weight excluding hydrogens is 588 g/mol. The molecule has 40 heavy (non-hydrogen) atoms. The van der Waals surface area contributed by atoms with Crippen LogP contribution in [-0.2, 0) is 16.2 Å². The average molecular weight is 632 g/mol. The van der Waals surface area contributed by atoms with Gasteiger partial charge in [-0.15, -0.1) is 0 Å². The molecule has 4 heterocycles. The molecule has 1 N–H and O–H groups in total. The van der Waals surface area contributed by atoms with E-state index in [1.807, 2.05) is 57.4 Å². The Balaban J connectivity index is 1.41. The molecule has 0 aromatic carbocycles. The van der Waals surface area contributed by atoms with Crippen molar-refractivity contribution in [2.45, 2.75) is 71.8 Å². The van der Waals surface area contributed by atoms with Gasteiger partial charge in [0.25, 0.3) is 0 Å². The molecule has 3 aromatic heterocycles. The second-order valence-electron chi connectivity index (χ2n) is 12.6. The number of ether oxygens (including phenoxy) is 2. The Morgan fingerprint density at radius 1 is 1.15 bits per heavy atom. The number of carbonyl (C=O) groups excluding carboxylic acids is 1. The Kier molecular flexibility index (Phi) is 9.46. The quantitative estimate of drug-likeness (QED) is 0.207. The molecule has 1 aliphatic heterocycles. The topological polar surface area (TPSA) is 84.8 Å². The fraction of sp³-hybridized carbons (Fsp3) is 0.552. The van der Waals surface area contributed by atoms with E-state index in [0.29, 0.717) is 32.9 Å². The number of fused-ring (bicyclic) bond motifs is 1. The van der Waals surface area contributed by atoms with Crippen LogP contribution in [-0.4, -0.2) is 72.0 Å². The highest BCUT2D eigenvalue weighted by Crippen LogP contribution is 2.33. The van der Waals surface area contributed by atoms with Gasteiger partial charge in [0.05, 0.1) is 17.1 Å². The van der Waals surface area contributed by atoms with Gasteiger partial charge in [0.2, 0.25) is 0 Å². The molecule has 4 rings (SSSR count). The number of aromatic nitrogens is 3. The van der Waals surface area contributed by atoms with Gasteiger partial charge in [-0.05, 0) is 67.9 Å². The number of halogens is 1. The smallest absolute Gasteiger partial charge is 0.410 e. The van der Waals surface area contributed by atoms with Gasteiger partial charge in [-0.1, -0.05) is 25.7 Å². The van der Waals surface area contributed by atoms with Crippen molar-refractivity contribution >= 4 is 52.6 Å². The van der Waals surface area contributed by atoms with E-state index in [1.165, 1.54) is 0 Å². The number of hydrogen-bond acceptors (Lipinski definition) is 7. The number of nitrogens with zero attached hydrogens (tertiary/aromatic N) is 5. The first kappa shape index (κ1) is 30.3. The summed E-state index contributed by atoms with van der Waals surface area (Å²) in [5.41, 5.74) is 2.32. The van der Waals surface area contributed by atoms with E-state index in [1.54, 1.807) is 4.90 Å². The molecule has 0 saturated carbocycles. The van der Waals surface area contributed by atoms with Crippen molar-refractivity contribution in [2.24, 2.45) is 0 Å². The lowest BCUT2D eigenvalue weighted by atomic mass is 10.2. The van der Waals surface area contributed by atoms with E-state index in [2.05, 4.69) is 62.3 Å². The zero-order chi connectivity index (χ0) is 29.1. The molecule has 1 fully saturated rings. The van der Waals surface area contributed by atoms with Crippen molar-refractivity contribution in [3.8, 4) is 0 Å². The molecule has 0 aliphatic carbocycles. The minimum absolute atomic E-state index is 0.0307. The summed E-state index contributed by atoms with van der Waals surface area (Å²) < 4.78 is 14.6. The molecule has 1 atom stereocenters. The summed E-state index contributed by atoms with van der Waals surface area (Å²) in [6.45, 7) is 18.7. The van der Waals surface area contributed by atoms with Gasteiger partial charge in [-0.25, -0.2) is 14.8 Å². The molecule has 0 spiro atoms. The highest BCUT2D eigenvalue weighted by atomic mass is 79.9. The zero-order valence-corrected chi connectivity index (χ0v) is 27.4. The SMILES string of the molecule is CC(Nc1ccnc2c1c(Br)cn2COCC[Si](C)(C)C)c1cccc(N2CCN(C(=O)OC(C)(C)C)CC2)n1. The molecule has 218 valence electrons. The van der Waals surface area contributed by atoms with Gasteiger partial charge in [0, 0.05) is 63.4 Å². The van der Waals surface area contributed by atoms with E-state index in [4.69, 9.17) is 14.5 Å². The van der Waals surface area contributed by atoms with Crippen LogP contribution >= 0.6 is 15.9 Å². The second kappa shape index (κ2) is 12.5. The Bertz CT molecular complexity index is 1310. The lowest BCUT2D eigenvalue weighted by molar-refractivity contribution is 0.0240. The highest BCUT2D eigenvalue weighted by Gasteiger charge is 2.26. The van der Waals surface area contributed by atoms with Crippen LogP contribution in [0, 0.1) is 0 Å². The fourth-order valence-corrected chi connectivity index (χ4v) is 5.93. The van der Waals surface area contributed by atoms with Crippen molar-refractivity contribution in [1.82, 2.24) is 19.4 Å². The molecule has 1 unspecified atom stereocenters. The van der Waals surface area contributed by atoms with Crippen LogP contribution < -0.4 is 10.2 Å². The van der Waals surface area contributed by atoms with Crippen LogP contribution in [0.2, 0.25) is 25.7 Å². The van der Waals surface area contributed by atoms with Crippen molar-refractivity contribution in [1.29, 1.82) is 0 Å². The largest absolute Gasteiger partial charge is 0.444 e. The Morgan fingerprint density at radius 3 is 2.55 bits per heavy atom. The van der Waals surface area contributed by atoms with Crippen LogP contribution in [0.3, 0.4) is 0 Å². The molecule has 1 aliphatic rings. The number of amides is 1. The summed E-state index contributed by atoms with van der Waals surface area (Å²) >= 11 is 3.74. The number of rotatable bonds is 9. The van der Waals surface area contributed by atoms with E-state index >= 15 is 0 Å². The standard InChI is InChI=1S/C29H43BrN6O3Si/c1-21(23-9-8-10-25(33-23)34-13-15-35(16-14-34)28(37)39-29(2,3)4)32-24-11-12-31-27-26(24)22(30)19-36(27)20-38-17-18-40(5,6)7/h8-12,19,21H,13-18,20H2,1-7H3,(H,31,32). The van der Waals surface area contributed by atoms with Crippen molar-refractivity contribution in [2.75, 3.05) is 43.0 Å². The van der Waals surface area contributed by atoms with Crippen molar-refractivity contribution in [3.05, 3.63) is 46.8 Å². The number of carbonyl (C=O) groups is 1. The van der Waals surface area contributed by atoms with Crippen LogP contribution in [0.1, 0.15) is 39.4 Å². The molecular formula is C29H43BrN6O3Si. The number of anilines is 2. The third-order valence-electron chi connectivity index (χ3n) is 6.76. The number of hydrogen-bond donors (Lipinski definition) is 1. The van der Waals surface area contributed by atoms with E-state index in [-0.39, 0.29) is 12.1 Å². The number of pyridine rings is 2. The average Bonchev–Trinajstić information content (AvgIpc) is 3.21. The summed E-state index contributed by atoms with van der Waals surface area (Å²) in [5, 5.41) is 4.67. The normalized spacial score (nSPS) is 15.4. The summed E-state index contributed by atoms with van der Waals surface area (Å²) in [4.78, 5) is 26.1. The fourth-order valence-electron chi connectivity index (χ4n) is 4.54. The highest BCUT2D eigenvalue weighted by molar-refractivity contribution is 9.10. The van der Waals surface area contributed by atoms with E-state index in [0.717, 1.165) is 45.4 Å². The molecule has 9 nitrogen and oxygen atoms in total. The maximum absolute atomic E-state index is 12.4. The minimum atomic E-state index is -1.13. The van der Waals surface area contributed by atoms with Gasteiger partial charge in [-0.2, -0.15) is 0 Å². The third kappa shape index (κ3) is 7.98. The Labute approximate surface area is 247 Å². The maximum Gasteiger partial charge on any atom is 0.410 e. The molecule has 0 radical (unpaired) electrons. The second-order valence-corrected chi connectivity index (χ2v) is 19.1. The molecule has 1 saturated heterocycles. The van der Waals surface area contributed by atoms with Crippen LogP contribution in [0.25, 0.3) is 11.0 Å². The van der Waals surface area contributed by atoms with Crippen molar-refractivity contribution in [3.63, 3.8) is 0 Å². The van der Waals surface area contributed by atoms with E-state index in [9.17, 15) is 4.79 Å². The monoisotopic (exact) mass is 630 g/mol. The Hall–Kier alpha value is -2.63.